The predicted octanol–water partition coefficient (Wildman–Crippen LogP) is 26.9. The molecule has 0 spiro atoms. The second-order valence-corrected chi connectivity index (χ2v) is 61.4. The number of ether oxygens (including phenoxy) is 7. The fraction of sp³-hybridized carbons (Fsp3) is 0.491. The number of phenolic OH excluding ortho intramolecular Hbond substituents is 1. The highest BCUT2D eigenvalue weighted by Gasteiger charge is 2.44. The molecule has 4 atom stereocenters. The maximum atomic E-state index is 14.5. The van der Waals surface area contributed by atoms with Gasteiger partial charge < -0.3 is 80.0 Å². The van der Waals surface area contributed by atoms with Crippen LogP contribution >= 0.6 is 23.2 Å². The molecule has 0 unspecified atom stereocenters. The van der Waals surface area contributed by atoms with E-state index in [2.05, 4.69) is 164 Å². The van der Waals surface area contributed by atoms with Crippen molar-refractivity contribution in [1.82, 2.24) is 18.3 Å². The number of nitrogens with zero attached hydrogens (tertiary/aromatic N) is 4. The van der Waals surface area contributed by atoms with Crippen LogP contribution in [0.25, 0.3) is 43.6 Å². The molecule has 796 valence electrons. The minimum Gasteiger partial charge on any atom is -0.508 e. The molecule has 0 amide bonds. The fourth-order valence-electron chi connectivity index (χ4n) is 15.7. The topological polar surface area (TPSA) is 309 Å². The van der Waals surface area contributed by atoms with Crippen molar-refractivity contribution in [2.45, 2.75) is 292 Å². The number of carbonyl (C=O) groups excluding carboxylic acids is 3. The number of aromatic hydroxyl groups is 1. The zero-order valence-electron chi connectivity index (χ0n) is 92.1. The van der Waals surface area contributed by atoms with Crippen LogP contribution in [-0.4, -0.2) is 136 Å². The minimum atomic E-state index is -2.10. The quantitative estimate of drug-likeness (QED) is 0.0206. The fourth-order valence-corrected chi connectivity index (χ4v) is 19.1. The third-order valence-electron chi connectivity index (χ3n) is 28.2. The van der Waals surface area contributed by atoms with Gasteiger partial charge in [-0.3, -0.25) is 19.2 Å². The first-order valence-electron chi connectivity index (χ1n) is 49.5. The SMILES string of the molecule is CCOC(=O)c1cn([C@H](CO[Si](C)(C)C(C)(C)C)C(C)(C)C)c2cc(C)c(O)cc2c1=O.CCOC(=O)c1cn([C@H](CO[Si](C)(C)C(C)(C)C)C(C)(C)C)c2cc(C)c(OCc3ccc(OC)cc3)cc2c1=O.CCOC(=O)c1cn([C@H](CO[Si](C)(C)C(C)(C)C)C(C)(C)C)c2cc(C)c(OCc3cccc(Cl)c3F)cc2c1=O.Cc1cc2c(cc1OCc1cccc(Cl)c1F)c(=O)c(C(=O)O)cn2[C@H](CO)C(C)(C)C. The molecule has 25 nitrogen and oxygen atoms in total. The molecule has 0 bridgehead atoms. The van der Waals surface area contributed by atoms with Gasteiger partial charge in [0.2, 0.25) is 21.7 Å². The van der Waals surface area contributed by atoms with E-state index in [1.165, 1.54) is 30.5 Å². The number of hydrogen-bond acceptors (Lipinski definition) is 20. The van der Waals surface area contributed by atoms with Crippen molar-refractivity contribution in [2.24, 2.45) is 21.7 Å². The molecular weight excluding hydrogens is 1950 g/mol. The molecular formula is C114H154Cl2F2N4O21Si3. The molecule has 3 N–H and O–H groups in total. The van der Waals surface area contributed by atoms with Crippen LogP contribution in [-0.2, 0) is 47.3 Å². The molecule has 0 radical (unpaired) electrons. The van der Waals surface area contributed by atoms with Gasteiger partial charge >= 0.3 is 23.9 Å². The maximum Gasteiger partial charge on any atom is 0.343 e. The van der Waals surface area contributed by atoms with Crippen LogP contribution in [0, 0.1) is 61.0 Å². The third kappa shape index (κ3) is 28.8. The van der Waals surface area contributed by atoms with Crippen molar-refractivity contribution in [3.05, 3.63) is 258 Å². The third-order valence-corrected chi connectivity index (χ3v) is 42.3. The number of aromatic nitrogens is 4. The Kier molecular flexibility index (Phi) is 39.4. The molecule has 11 rings (SSSR count). The summed E-state index contributed by atoms with van der Waals surface area (Å²) in [5, 5.41) is 31.2. The first-order valence-corrected chi connectivity index (χ1v) is 58.9. The summed E-state index contributed by atoms with van der Waals surface area (Å²) in [4.78, 5) is 104. The van der Waals surface area contributed by atoms with E-state index in [1.54, 1.807) is 113 Å². The number of fused-ring (bicyclic) bond motifs is 4. The Labute approximate surface area is 871 Å². The zero-order valence-corrected chi connectivity index (χ0v) is 96.6. The summed E-state index contributed by atoms with van der Waals surface area (Å²) in [7, 11) is -4.58. The molecule has 0 saturated heterocycles. The van der Waals surface area contributed by atoms with E-state index in [-0.39, 0.29) is 138 Å². The average molecular weight is 2110 g/mol. The second-order valence-electron chi connectivity index (χ2n) is 46.2. The molecule has 4 aromatic heterocycles. The first-order chi connectivity index (χ1) is 67.3. The summed E-state index contributed by atoms with van der Waals surface area (Å²) in [6.07, 6.45) is 6.14. The number of carboxylic acid groups (broad SMARTS) is 1. The molecule has 0 aliphatic heterocycles. The van der Waals surface area contributed by atoms with Gasteiger partial charge in [0, 0.05) is 35.9 Å². The van der Waals surface area contributed by atoms with Gasteiger partial charge in [0.15, 0.2) is 25.0 Å². The Morgan fingerprint density at radius 2 is 0.664 bits per heavy atom. The summed E-state index contributed by atoms with van der Waals surface area (Å²) in [5.41, 5.74) is 3.42. The Balaban J connectivity index is 0.000000239. The van der Waals surface area contributed by atoms with E-state index >= 15 is 0 Å². The van der Waals surface area contributed by atoms with Crippen molar-refractivity contribution < 1.29 is 89.7 Å². The number of benzene rings is 7. The highest BCUT2D eigenvalue weighted by molar-refractivity contribution is 6.75. The van der Waals surface area contributed by atoms with Gasteiger partial charge in [-0.1, -0.05) is 205 Å². The van der Waals surface area contributed by atoms with Crippen LogP contribution in [0.5, 0.6) is 28.7 Å². The number of phenols is 1. The highest BCUT2D eigenvalue weighted by atomic mass is 35.5. The molecule has 0 fully saturated rings. The van der Waals surface area contributed by atoms with E-state index in [4.69, 9.17) is 69.6 Å². The lowest BCUT2D eigenvalue weighted by Crippen LogP contribution is -2.43. The summed E-state index contributed by atoms with van der Waals surface area (Å²) < 4.78 is 95.2. The molecule has 0 saturated carbocycles. The van der Waals surface area contributed by atoms with Gasteiger partial charge in [0.05, 0.1) is 131 Å². The van der Waals surface area contributed by atoms with Crippen LogP contribution in [0.1, 0.15) is 271 Å². The lowest BCUT2D eigenvalue weighted by molar-refractivity contribution is 0.0513. The number of aryl methyl sites for hydroxylation is 4. The highest BCUT2D eigenvalue weighted by Crippen LogP contribution is 2.46. The number of hydrogen-bond donors (Lipinski definition) is 3. The van der Waals surface area contributed by atoms with E-state index in [0.29, 0.717) is 93.1 Å². The van der Waals surface area contributed by atoms with Gasteiger partial charge in [0.25, 0.3) is 0 Å². The number of rotatable bonds is 31. The number of pyridine rings is 4. The summed E-state index contributed by atoms with van der Waals surface area (Å²) in [6.45, 7) is 72.3. The molecule has 32 heteroatoms. The van der Waals surface area contributed by atoms with E-state index in [1.807, 2.05) is 84.7 Å². The van der Waals surface area contributed by atoms with Crippen LogP contribution < -0.4 is 40.7 Å². The van der Waals surface area contributed by atoms with Crippen LogP contribution in [0.2, 0.25) is 64.4 Å². The van der Waals surface area contributed by atoms with Crippen LogP contribution in [0.3, 0.4) is 0 Å². The van der Waals surface area contributed by atoms with Crippen molar-refractivity contribution in [3.63, 3.8) is 0 Å². The lowest BCUT2D eigenvalue weighted by Gasteiger charge is -2.40. The van der Waals surface area contributed by atoms with Crippen molar-refractivity contribution >= 4 is 116 Å². The van der Waals surface area contributed by atoms with Crippen molar-refractivity contribution in [1.29, 1.82) is 0 Å². The van der Waals surface area contributed by atoms with E-state index in [9.17, 15) is 62.5 Å². The summed E-state index contributed by atoms with van der Waals surface area (Å²) >= 11 is 11.8. The summed E-state index contributed by atoms with van der Waals surface area (Å²) in [6, 6.07) is 29.6. The second kappa shape index (κ2) is 47.8. The maximum absolute atomic E-state index is 14.5. The van der Waals surface area contributed by atoms with Crippen molar-refractivity contribution in [2.75, 3.05) is 53.4 Å². The Hall–Kier alpha value is -10.8. The number of esters is 3. The number of carbonyl (C=O) groups is 4. The molecule has 11 aromatic rings. The minimum absolute atomic E-state index is 0.00545. The Morgan fingerprint density at radius 1 is 0.390 bits per heavy atom. The molecule has 4 heterocycles. The van der Waals surface area contributed by atoms with Gasteiger partial charge in [-0.25, -0.2) is 28.0 Å². The smallest absolute Gasteiger partial charge is 0.343 e. The monoisotopic (exact) mass is 2110 g/mol. The van der Waals surface area contributed by atoms with Gasteiger partial charge in [0.1, 0.15) is 82.5 Å². The number of aromatic carboxylic acids is 1. The van der Waals surface area contributed by atoms with Crippen LogP contribution in [0.15, 0.2) is 153 Å². The van der Waals surface area contributed by atoms with E-state index < -0.39 is 93.8 Å². The van der Waals surface area contributed by atoms with Gasteiger partial charge in [-0.15, -0.1) is 0 Å². The molecule has 7 aromatic carbocycles. The first kappa shape index (κ1) is 120. The molecule has 0 aliphatic rings. The van der Waals surface area contributed by atoms with Gasteiger partial charge in [-0.2, -0.15) is 0 Å². The molecule has 146 heavy (non-hydrogen) atoms. The lowest BCUT2D eigenvalue weighted by atomic mass is 9.86. The Morgan fingerprint density at radius 3 is 0.938 bits per heavy atom. The van der Waals surface area contributed by atoms with Gasteiger partial charge in [-0.05, 0) is 225 Å². The number of methoxy groups -OCH3 is 1. The number of halogens is 4. The van der Waals surface area contributed by atoms with E-state index in [0.717, 1.165) is 28.0 Å². The predicted molar refractivity (Wildman–Crippen MR) is 588 cm³/mol. The standard InChI is InChI=1S/C33H47NO6Si.C32H43ClFNO5Si.C25H39NO5Si.C24H25ClFNO5/c1-12-38-31(36)26-19-34(29(32(3,4)5)21-40-41(10,11)33(6,7)8)27-17-22(2)28(18-25(27)30(26)35)39-20-23-13-15-24(37-9)16-14-23;1-11-38-30(37)23-17-35(27(31(3,4)5)19-40-41(9,10)32(6,7)8)25-15-20(2)26(16-22(25)29(23)36)39-18-21-13-12-14-24(33)28(21)34;1-11-30-23(29)18-14-26(19-12-16(2)20(27)13-17(19)22(18)28)21(24(3,4)5)15-31-32(9,10)25(6,7)8;1-13-8-18-15(9-19(13)32-12-14-6-5-7-17(25)21(14)26)22(29)16(23(30)31)10-27(18)20(11-28)24(2,3)4/h13-19,29H,12,20-21H2,1-11H3;12-17,27H,11,18-19H2,1-10H3;12-14,21,27H,11,15H2,1-10H3;5-10,20,28H,11-12H2,1-4H3,(H,30,31)/t29-;27-;21-;20-/m1111/s1. The number of aliphatic hydroxyl groups is 1. The van der Waals surface area contributed by atoms with Crippen LogP contribution in [0.4, 0.5) is 8.78 Å². The number of carboxylic acids is 1. The largest absolute Gasteiger partial charge is 0.508 e. The van der Waals surface area contributed by atoms with Crippen molar-refractivity contribution in [3.8, 4) is 28.7 Å². The average Bonchev–Trinajstić information content (AvgIpc) is 0.751. The normalized spacial score (nSPS) is 13.3. The summed E-state index contributed by atoms with van der Waals surface area (Å²) in [5.74, 6) is -2.36. The number of aliphatic hydroxyl groups excluding tert-OH is 1. The molecule has 0 aliphatic carbocycles. The Bertz CT molecular complexity index is 6840. The zero-order chi connectivity index (χ0) is 110.